The third-order valence-corrected chi connectivity index (χ3v) is 3.19. The minimum absolute atomic E-state index is 0.00224. The second-order valence-corrected chi connectivity index (χ2v) is 4.63. The highest BCUT2D eigenvalue weighted by molar-refractivity contribution is 5.65. The van der Waals surface area contributed by atoms with Gasteiger partial charge in [0, 0.05) is 30.9 Å². The number of rotatable bonds is 2. The Kier molecular flexibility index (Phi) is 3.68. The van der Waals surface area contributed by atoms with Crippen molar-refractivity contribution in [2.24, 2.45) is 0 Å². The van der Waals surface area contributed by atoms with Gasteiger partial charge in [0.15, 0.2) is 0 Å². The van der Waals surface area contributed by atoms with E-state index in [0.717, 1.165) is 0 Å². The maximum Gasteiger partial charge on any atom is 0.407 e. The van der Waals surface area contributed by atoms with Crippen molar-refractivity contribution in [1.82, 2.24) is 14.9 Å². The van der Waals surface area contributed by atoms with Crippen molar-refractivity contribution in [2.45, 2.75) is 31.4 Å². The molecular formula is C11H14F3N3O2. The molecule has 0 radical (unpaired) electrons. The summed E-state index contributed by atoms with van der Waals surface area (Å²) in [4.78, 5) is 18.7. The first kappa shape index (κ1) is 13.7. The monoisotopic (exact) mass is 277 g/mol. The average molecular weight is 277 g/mol. The number of likely N-dealkylation sites (tertiary alicyclic amines) is 1. The molecule has 0 bridgehead atoms. The van der Waals surface area contributed by atoms with Crippen molar-refractivity contribution in [2.75, 3.05) is 13.1 Å². The van der Waals surface area contributed by atoms with Gasteiger partial charge in [0.05, 0.1) is 6.42 Å². The number of hydrogen-bond donors (Lipinski definition) is 2. The number of imidazole rings is 1. The first-order valence-electron chi connectivity index (χ1n) is 5.93. The molecule has 1 aromatic heterocycles. The SMILES string of the molecule is O=C(O)N1CCC(c2ncc(CC(F)(F)F)[nH]2)CC1. The number of nitrogens with one attached hydrogen (secondary N) is 1. The number of piperidine rings is 1. The quantitative estimate of drug-likeness (QED) is 0.872. The lowest BCUT2D eigenvalue weighted by molar-refractivity contribution is -0.127. The van der Waals surface area contributed by atoms with E-state index in [-0.39, 0.29) is 11.6 Å². The molecule has 8 heteroatoms. The number of nitrogens with zero attached hydrogens (tertiary/aromatic N) is 2. The van der Waals surface area contributed by atoms with Crippen molar-refractivity contribution in [1.29, 1.82) is 0 Å². The summed E-state index contributed by atoms with van der Waals surface area (Å²) in [6, 6.07) is 0. The Labute approximate surface area is 107 Å². The van der Waals surface area contributed by atoms with Crippen molar-refractivity contribution < 1.29 is 23.1 Å². The number of hydrogen-bond acceptors (Lipinski definition) is 2. The zero-order valence-electron chi connectivity index (χ0n) is 10.1. The Morgan fingerprint density at radius 1 is 1.47 bits per heavy atom. The summed E-state index contributed by atoms with van der Waals surface area (Å²) in [6.45, 7) is 0.768. The molecule has 0 aliphatic carbocycles. The Balaban J connectivity index is 1.95. The predicted molar refractivity (Wildman–Crippen MR) is 59.9 cm³/mol. The fourth-order valence-corrected chi connectivity index (χ4v) is 2.23. The molecule has 2 rings (SSSR count). The molecule has 1 aromatic rings. The van der Waals surface area contributed by atoms with Crippen LogP contribution in [0, 0.1) is 0 Å². The van der Waals surface area contributed by atoms with Crippen LogP contribution < -0.4 is 0 Å². The molecule has 5 nitrogen and oxygen atoms in total. The van der Waals surface area contributed by atoms with E-state index in [1.165, 1.54) is 11.1 Å². The van der Waals surface area contributed by atoms with Gasteiger partial charge in [-0.25, -0.2) is 9.78 Å². The highest BCUT2D eigenvalue weighted by atomic mass is 19.4. The average Bonchev–Trinajstić information content (AvgIpc) is 2.75. The van der Waals surface area contributed by atoms with E-state index < -0.39 is 18.7 Å². The molecule has 1 saturated heterocycles. The molecule has 2 N–H and O–H groups in total. The van der Waals surface area contributed by atoms with Crippen molar-refractivity contribution in [3.05, 3.63) is 17.7 Å². The Hall–Kier alpha value is -1.73. The predicted octanol–water partition coefficient (Wildman–Crippen LogP) is 2.37. The molecule has 1 fully saturated rings. The molecular weight excluding hydrogens is 263 g/mol. The van der Waals surface area contributed by atoms with Gasteiger partial charge in [-0.15, -0.1) is 0 Å². The number of alkyl halides is 3. The lowest BCUT2D eigenvalue weighted by Gasteiger charge is -2.28. The maximum absolute atomic E-state index is 12.2. The van der Waals surface area contributed by atoms with Crippen LogP contribution in [-0.4, -0.2) is 45.3 Å². The third-order valence-electron chi connectivity index (χ3n) is 3.19. The van der Waals surface area contributed by atoms with Crippen LogP contribution in [-0.2, 0) is 6.42 Å². The van der Waals surface area contributed by atoms with E-state index in [1.54, 1.807) is 0 Å². The van der Waals surface area contributed by atoms with Gasteiger partial charge in [-0.3, -0.25) is 0 Å². The number of halogens is 3. The molecule has 0 aromatic carbocycles. The van der Waals surface area contributed by atoms with E-state index in [1.807, 2.05) is 0 Å². The van der Waals surface area contributed by atoms with E-state index in [0.29, 0.717) is 31.8 Å². The standard InChI is InChI=1S/C11H14F3N3O2/c12-11(13,14)5-8-6-15-9(16-8)7-1-3-17(4-2-7)10(18)19/h6-7H,1-5H2,(H,15,16)(H,18,19). The Morgan fingerprint density at radius 3 is 2.63 bits per heavy atom. The van der Waals surface area contributed by atoms with E-state index in [2.05, 4.69) is 9.97 Å². The molecule has 0 saturated carbocycles. The van der Waals surface area contributed by atoms with Gasteiger partial charge in [-0.05, 0) is 12.8 Å². The molecule has 1 aliphatic heterocycles. The lowest BCUT2D eigenvalue weighted by atomic mass is 9.96. The molecule has 1 amide bonds. The minimum Gasteiger partial charge on any atom is -0.465 e. The third kappa shape index (κ3) is 3.62. The zero-order valence-corrected chi connectivity index (χ0v) is 10.1. The van der Waals surface area contributed by atoms with Gasteiger partial charge < -0.3 is 15.0 Å². The largest absolute Gasteiger partial charge is 0.465 e. The van der Waals surface area contributed by atoms with E-state index in [4.69, 9.17) is 5.11 Å². The smallest absolute Gasteiger partial charge is 0.407 e. The van der Waals surface area contributed by atoms with E-state index >= 15 is 0 Å². The van der Waals surface area contributed by atoms with Crippen LogP contribution in [0.5, 0.6) is 0 Å². The number of amides is 1. The van der Waals surface area contributed by atoms with Crippen molar-refractivity contribution in [3.8, 4) is 0 Å². The van der Waals surface area contributed by atoms with Gasteiger partial charge in [-0.2, -0.15) is 13.2 Å². The summed E-state index contributed by atoms with van der Waals surface area (Å²) in [5, 5.41) is 8.80. The highest BCUT2D eigenvalue weighted by Gasteiger charge is 2.30. The van der Waals surface area contributed by atoms with Crippen molar-refractivity contribution >= 4 is 6.09 Å². The molecule has 0 atom stereocenters. The summed E-state index contributed by atoms with van der Waals surface area (Å²) >= 11 is 0. The number of carbonyl (C=O) groups is 1. The highest BCUT2D eigenvalue weighted by Crippen LogP contribution is 2.27. The van der Waals surface area contributed by atoms with Gasteiger partial charge in [0.2, 0.25) is 0 Å². The van der Waals surface area contributed by atoms with Crippen LogP contribution in [0.3, 0.4) is 0 Å². The van der Waals surface area contributed by atoms with Crippen LogP contribution in [0.25, 0.3) is 0 Å². The van der Waals surface area contributed by atoms with Crippen LogP contribution >= 0.6 is 0 Å². The summed E-state index contributed by atoms with van der Waals surface area (Å²) in [6.07, 6.45) is -3.89. The summed E-state index contributed by atoms with van der Waals surface area (Å²) in [7, 11) is 0. The van der Waals surface area contributed by atoms with Crippen LogP contribution in [0.2, 0.25) is 0 Å². The fourth-order valence-electron chi connectivity index (χ4n) is 2.23. The maximum atomic E-state index is 12.2. The van der Waals surface area contributed by atoms with Crippen LogP contribution in [0.4, 0.5) is 18.0 Å². The number of carboxylic acid groups (broad SMARTS) is 1. The fraction of sp³-hybridized carbons (Fsp3) is 0.636. The first-order chi connectivity index (χ1) is 8.85. The number of H-pyrrole nitrogens is 1. The number of aromatic nitrogens is 2. The second-order valence-electron chi connectivity index (χ2n) is 4.63. The van der Waals surface area contributed by atoms with Gasteiger partial charge in [0.25, 0.3) is 0 Å². The molecule has 2 heterocycles. The lowest BCUT2D eigenvalue weighted by Crippen LogP contribution is -2.37. The normalized spacial score (nSPS) is 17.7. The zero-order chi connectivity index (χ0) is 14.0. The first-order valence-corrected chi connectivity index (χ1v) is 5.93. The molecule has 106 valence electrons. The topological polar surface area (TPSA) is 69.2 Å². The molecule has 0 unspecified atom stereocenters. The summed E-state index contributed by atoms with van der Waals surface area (Å²) in [5.41, 5.74) is 0.0446. The summed E-state index contributed by atoms with van der Waals surface area (Å²) in [5.74, 6) is 0.516. The minimum atomic E-state index is -4.25. The van der Waals surface area contributed by atoms with Gasteiger partial charge in [0.1, 0.15) is 5.82 Å². The van der Waals surface area contributed by atoms with Gasteiger partial charge >= 0.3 is 12.3 Å². The van der Waals surface area contributed by atoms with E-state index in [9.17, 15) is 18.0 Å². The molecule has 0 spiro atoms. The van der Waals surface area contributed by atoms with Gasteiger partial charge in [-0.1, -0.05) is 0 Å². The Bertz CT molecular complexity index is 450. The van der Waals surface area contributed by atoms with Crippen LogP contribution in [0.15, 0.2) is 6.20 Å². The summed E-state index contributed by atoms with van der Waals surface area (Å²) < 4.78 is 36.6. The Morgan fingerprint density at radius 2 is 2.11 bits per heavy atom. The number of aromatic amines is 1. The molecule has 19 heavy (non-hydrogen) atoms. The second kappa shape index (κ2) is 5.10. The molecule has 1 aliphatic rings. The van der Waals surface area contributed by atoms with Crippen molar-refractivity contribution in [3.63, 3.8) is 0 Å². The van der Waals surface area contributed by atoms with Crippen LogP contribution in [0.1, 0.15) is 30.3 Å².